The normalized spacial score (nSPS) is 18.0. The van der Waals surface area contributed by atoms with Crippen LogP contribution >= 0.6 is 0 Å². The minimum absolute atomic E-state index is 0.0260. The molecule has 148 valence electrons. The lowest BCUT2D eigenvalue weighted by molar-refractivity contribution is -0.141. The van der Waals surface area contributed by atoms with Crippen LogP contribution in [0.5, 0.6) is 0 Å². The second-order valence-corrected chi connectivity index (χ2v) is 6.55. The number of amides is 2. The lowest BCUT2D eigenvalue weighted by Gasteiger charge is -2.33. The van der Waals surface area contributed by atoms with Crippen LogP contribution in [-0.4, -0.2) is 56.3 Å². The van der Waals surface area contributed by atoms with E-state index in [0.717, 1.165) is 10.2 Å². The van der Waals surface area contributed by atoms with Gasteiger partial charge in [-0.3, -0.25) is 14.7 Å². The van der Waals surface area contributed by atoms with E-state index in [-0.39, 0.29) is 17.5 Å². The summed E-state index contributed by atoms with van der Waals surface area (Å²) in [6.45, 7) is 4.71. The van der Waals surface area contributed by atoms with Gasteiger partial charge in [-0.1, -0.05) is 0 Å². The molecule has 3 rings (SSSR count). The lowest BCUT2D eigenvalue weighted by atomic mass is 10.2. The number of nitrogens with one attached hydrogen (secondary N) is 1. The number of nitrogens with zero attached hydrogens (tertiary/aromatic N) is 5. The van der Waals surface area contributed by atoms with Crippen molar-refractivity contribution in [2.24, 2.45) is 7.05 Å². The summed E-state index contributed by atoms with van der Waals surface area (Å²) in [6, 6.07) is -0.486. The minimum atomic E-state index is -4.57. The Morgan fingerprint density at radius 1 is 1.41 bits per heavy atom. The Morgan fingerprint density at radius 3 is 2.74 bits per heavy atom. The maximum Gasteiger partial charge on any atom is 0.435 e. The number of anilines is 1. The van der Waals surface area contributed by atoms with Gasteiger partial charge in [0, 0.05) is 25.4 Å². The van der Waals surface area contributed by atoms with E-state index in [1.54, 1.807) is 10.9 Å². The topological polar surface area (TPSA) is 77.2 Å². The van der Waals surface area contributed by atoms with Crippen molar-refractivity contribution >= 4 is 11.8 Å². The number of hydrogen-bond donors (Lipinski definition) is 1. The summed E-state index contributed by atoms with van der Waals surface area (Å²) in [4.78, 5) is 14.1. The number of ether oxygens (including phenoxy) is 1. The molecule has 1 aliphatic heterocycles. The van der Waals surface area contributed by atoms with Crippen LogP contribution in [0.15, 0.2) is 12.4 Å². The highest BCUT2D eigenvalue weighted by Gasteiger charge is 2.38. The van der Waals surface area contributed by atoms with Gasteiger partial charge in [0.2, 0.25) is 0 Å². The van der Waals surface area contributed by atoms with E-state index in [1.807, 2.05) is 13.1 Å². The number of rotatable bonds is 3. The summed E-state index contributed by atoms with van der Waals surface area (Å²) < 4.78 is 47.3. The Kier molecular flexibility index (Phi) is 5.13. The molecule has 0 saturated carbocycles. The molecule has 2 aromatic rings. The van der Waals surface area contributed by atoms with E-state index in [2.05, 4.69) is 15.5 Å². The van der Waals surface area contributed by atoms with Crippen LogP contribution in [0.2, 0.25) is 0 Å². The summed E-state index contributed by atoms with van der Waals surface area (Å²) in [7, 11) is 1.36. The van der Waals surface area contributed by atoms with Crippen LogP contribution in [0.1, 0.15) is 16.8 Å². The maximum atomic E-state index is 13.0. The molecule has 11 heteroatoms. The highest BCUT2D eigenvalue weighted by atomic mass is 19.4. The Bertz CT molecular complexity index is 829. The first-order valence-electron chi connectivity index (χ1n) is 8.42. The molecule has 0 bridgehead atoms. The molecule has 2 aromatic heterocycles. The van der Waals surface area contributed by atoms with Gasteiger partial charge >= 0.3 is 12.2 Å². The zero-order valence-corrected chi connectivity index (χ0v) is 15.2. The molecule has 27 heavy (non-hydrogen) atoms. The third-order valence-electron chi connectivity index (χ3n) is 4.36. The number of morpholine rings is 1. The summed E-state index contributed by atoms with van der Waals surface area (Å²) in [5, 5.41) is 10.2. The molecule has 1 atom stereocenters. The summed E-state index contributed by atoms with van der Waals surface area (Å²) in [6.07, 6.45) is -1.21. The monoisotopic (exact) mass is 386 g/mol. The molecule has 8 nitrogen and oxygen atoms in total. The van der Waals surface area contributed by atoms with Gasteiger partial charge in [0.25, 0.3) is 0 Å². The molecule has 0 spiro atoms. The quantitative estimate of drug-likeness (QED) is 0.877. The van der Waals surface area contributed by atoms with Gasteiger partial charge in [-0.05, 0) is 19.4 Å². The van der Waals surface area contributed by atoms with Crippen molar-refractivity contribution < 1.29 is 22.7 Å². The smallest absolute Gasteiger partial charge is 0.373 e. The van der Waals surface area contributed by atoms with E-state index in [4.69, 9.17) is 4.74 Å². The molecule has 3 heterocycles. The fourth-order valence-corrected chi connectivity index (χ4v) is 3.04. The fourth-order valence-electron chi connectivity index (χ4n) is 3.04. The molecular weight excluding hydrogens is 365 g/mol. The number of carbonyl (C=O) groups excluding carboxylic acids is 1. The third-order valence-corrected chi connectivity index (χ3v) is 4.36. The van der Waals surface area contributed by atoms with Gasteiger partial charge in [-0.15, -0.1) is 0 Å². The van der Waals surface area contributed by atoms with Crippen LogP contribution in [0, 0.1) is 13.8 Å². The molecule has 0 radical (unpaired) electrons. The van der Waals surface area contributed by atoms with E-state index in [1.165, 1.54) is 18.9 Å². The number of urea groups is 1. The second-order valence-electron chi connectivity index (χ2n) is 6.55. The van der Waals surface area contributed by atoms with E-state index in [9.17, 15) is 18.0 Å². The molecule has 0 aliphatic carbocycles. The number of aryl methyl sites for hydroxylation is 2. The van der Waals surface area contributed by atoms with Crippen molar-refractivity contribution in [1.82, 2.24) is 24.5 Å². The molecule has 1 N–H and O–H groups in total. The zero-order valence-electron chi connectivity index (χ0n) is 15.2. The highest BCUT2D eigenvalue weighted by molar-refractivity contribution is 5.89. The van der Waals surface area contributed by atoms with Gasteiger partial charge < -0.3 is 9.64 Å². The highest BCUT2D eigenvalue weighted by Crippen LogP contribution is 2.33. The molecular formula is C16H21F3N6O2. The molecule has 1 fully saturated rings. The Labute approximate surface area is 153 Å². The predicted molar refractivity (Wildman–Crippen MR) is 90.2 cm³/mol. The molecule has 2 amide bonds. The first-order valence-corrected chi connectivity index (χ1v) is 8.42. The van der Waals surface area contributed by atoms with Gasteiger partial charge in [-0.25, -0.2) is 4.79 Å². The van der Waals surface area contributed by atoms with Gasteiger partial charge in [0.1, 0.15) is 5.82 Å². The average Bonchev–Trinajstić information content (AvgIpc) is 3.12. The SMILES string of the molecule is Cc1cnn(CC2CN(C(=O)Nc3c(C)c(C(F)(F)F)nn3C)CCO2)c1. The van der Waals surface area contributed by atoms with Crippen molar-refractivity contribution in [1.29, 1.82) is 0 Å². The van der Waals surface area contributed by atoms with Crippen molar-refractivity contribution in [2.75, 3.05) is 25.0 Å². The number of alkyl halides is 3. The number of carbonyl (C=O) groups is 1. The Morgan fingerprint density at radius 2 is 2.15 bits per heavy atom. The second kappa shape index (κ2) is 7.22. The van der Waals surface area contributed by atoms with E-state index >= 15 is 0 Å². The first-order chi connectivity index (χ1) is 12.6. The first kappa shape index (κ1) is 19.2. The zero-order chi connectivity index (χ0) is 19.8. The minimum Gasteiger partial charge on any atom is -0.373 e. The summed E-state index contributed by atoms with van der Waals surface area (Å²) in [5.74, 6) is 0.0260. The predicted octanol–water partition coefficient (Wildman–Crippen LogP) is 2.19. The van der Waals surface area contributed by atoms with Crippen LogP contribution < -0.4 is 5.32 Å². The molecule has 1 saturated heterocycles. The number of aromatic nitrogens is 4. The van der Waals surface area contributed by atoms with Crippen molar-refractivity contribution in [3.8, 4) is 0 Å². The van der Waals surface area contributed by atoms with Crippen LogP contribution in [0.25, 0.3) is 0 Å². The van der Waals surface area contributed by atoms with E-state index < -0.39 is 17.9 Å². The van der Waals surface area contributed by atoms with Gasteiger partial charge in [0.05, 0.1) is 32.0 Å². The summed E-state index contributed by atoms with van der Waals surface area (Å²) in [5.41, 5.74) is -0.100. The van der Waals surface area contributed by atoms with Crippen LogP contribution in [-0.2, 0) is 24.5 Å². The van der Waals surface area contributed by atoms with Crippen molar-refractivity contribution in [3.05, 3.63) is 29.2 Å². The molecule has 1 aliphatic rings. The maximum absolute atomic E-state index is 13.0. The molecule has 0 aromatic carbocycles. The van der Waals surface area contributed by atoms with Gasteiger partial charge in [0.15, 0.2) is 5.69 Å². The number of hydrogen-bond acceptors (Lipinski definition) is 4. The third kappa shape index (κ3) is 4.24. The van der Waals surface area contributed by atoms with Crippen LogP contribution in [0.4, 0.5) is 23.8 Å². The van der Waals surface area contributed by atoms with Crippen molar-refractivity contribution in [3.63, 3.8) is 0 Å². The lowest BCUT2D eigenvalue weighted by Crippen LogP contribution is -2.48. The number of halogens is 3. The van der Waals surface area contributed by atoms with E-state index in [0.29, 0.717) is 26.2 Å². The fraction of sp³-hybridized carbons (Fsp3) is 0.562. The Balaban J connectivity index is 1.66. The van der Waals surface area contributed by atoms with Crippen LogP contribution in [0.3, 0.4) is 0 Å². The largest absolute Gasteiger partial charge is 0.435 e. The summed E-state index contributed by atoms with van der Waals surface area (Å²) >= 11 is 0. The standard InChI is InChI=1S/C16H21F3N6O2/c1-10-6-20-25(7-10)9-12-8-24(4-5-27-12)15(26)21-14-11(2)13(16(17,18)19)22-23(14)3/h6-7,12H,4-5,8-9H2,1-3H3,(H,21,26). The Hall–Kier alpha value is -2.56. The average molecular weight is 386 g/mol. The van der Waals surface area contributed by atoms with Crippen molar-refractivity contribution in [2.45, 2.75) is 32.7 Å². The van der Waals surface area contributed by atoms with Gasteiger partial charge in [-0.2, -0.15) is 23.4 Å². The molecule has 1 unspecified atom stereocenters.